The average Bonchev–Trinajstić information content (AvgIpc) is 3.29. The maximum atomic E-state index is 12.3. The Bertz CT molecular complexity index is 1050. The van der Waals surface area contributed by atoms with Crippen LogP contribution >= 0.6 is 11.3 Å². The molecule has 5 rings (SSSR count). The van der Waals surface area contributed by atoms with Crippen LogP contribution in [0.5, 0.6) is 11.5 Å². The average molecular weight is 463 g/mol. The lowest BCUT2D eigenvalue weighted by Crippen LogP contribution is -2.26. The van der Waals surface area contributed by atoms with Crippen molar-refractivity contribution in [3.63, 3.8) is 0 Å². The third-order valence-electron chi connectivity index (χ3n) is 6.30. The van der Waals surface area contributed by atoms with Crippen molar-refractivity contribution in [2.45, 2.75) is 38.3 Å². The fraction of sp³-hybridized carbons (Fsp3) is 0.370. The van der Waals surface area contributed by atoms with E-state index < -0.39 is 0 Å². The molecule has 0 radical (unpaired) electrons. The zero-order valence-electron chi connectivity index (χ0n) is 18.9. The number of nitrogens with one attached hydrogen (secondary N) is 1. The Kier molecular flexibility index (Phi) is 6.53. The number of benzene rings is 2. The number of nitrogens with zero attached hydrogens (tertiary/aromatic N) is 1. The van der Waals surface area contributed by atoms with E-state index in [2.05, 4.69) is 34.5 Å². The Balaban J connectivity index is 1.11. The standard InChI is InChI=1S/C27H30N2O3S/c1-19(28-27(30)26-3-2-16-33-26)21-6-10-24(11-7-21)32-25-14-15-29(17-25)22-8-12-23(13-9-22)31-18-20-4-5-20/h2-3,6-13,16,19-20,25H,4-5,14-15,17-18H2,1H3,(H,28,30)/t19-,25+/m0/s1. The van der Waals surface area contributed by atoms with Gasteiger partial charge in [-0.1, -0.05) is 18.2 Å². The number of thiophene rings is 1. The maximum absolute atomic E-state index is 12.3. The molecule has 1 saturated carbocycles. The second-order valence-corrected chi connectivity index (χ2v) is 9.91. The van der Waals surface area contributed by atoms with Crippen LogP contribution in [0.15, 0.2) is 66.0 Å². The van der Waals surface area contributed by atoms with E-state index >= 15 is 0 Å². The van der Waals surface area contributed by atoms with Crippen LogP contribution in [0.2, 0.25) is 0 Å². The Hall–Kier alpha value is -2.99. The largest absolute Gasteiger partial charge is 0.493 e. The number of hydrogen-bond donors (Lipinski definition) is 1. The summed E-state index contributed by atoms with van der Waals surface area (Å²) >= 11 is 1.45. The van der Waals surface area contributed by atoms with Gasteiger partial charge in [0.2, 0.25) is 0 Å². The summed E-state index contributed by atoms with van der Waals surface area (Å²) in [6.45, 7) is 4.70. The molecular weight excluding hydrogens is 432 g/mol. The third-order valence-corrected chi connectivity index (χ3v) is 7.17. The van der Waals surface area contributed by atoms with Crippen LogP contribution in [-0.2, 0) is 0 Å². The fourth-order valence-corrected chi connectivity index (χ4v) is 4.72. The van der Waals surface area contributed by atoms with Crippen LogP contribution in [0.1, 0.15) is 47.5 Å². The minimum atomic E-state index is -0.0631. The molecule has 2 aromatic carbocycles. The Labute approximate surface area is 199 Å². The molecule has 172 valence electrons. The van der Waals surface area contributed by atoms with Gasteiger partial charge in [0.15, 0.2) is 0 Å². The summed E-state index contributed by atoms with van der Waals surface area (Å²) in [5.41, 5.74) is 2.27. The van der Waals surface area contributed by atoms with Gasteiger partial charge in [-0.3, -0.25) is 4.79 Å². The zero-order valence-corrected chi connectivity index (χ0v) is 19.7. The summed E-state index contributed by atoms with van der Waals surface area (Å²) in [5.74, 6) is 2.56. The maximum Gasteiger partial charge on any atom is 0.261 e. The summed E-state index contributed by atoms with van der Waals surface area (Å²) in [6.07, 6.45) is 3.77. The highest BCUT2D eigenvalue weighted by Crippen LogP contribution is 2.30. The smallest absolute Gasteiger partial charge is 0.261 e. The Morgan fingerprint density at radius 1 is 1.06 bits per heavy atom. The molecular formula is C27H30N2O3S. The molecule has 1 amide bonds. The van der Waals surface area contributed by atoms with E-state index in [4.69, 9.17) is 9.47 Å². The van der Waals surface area contributed by atoms with E-state index in [-0.39, 0.29) is 18.1 Å². The van der Waals surface area contributed by atoms with Crippen molar-refractivity contribution in [1.29, 1.82) is 0 Å². The first kappa shape index (κ1) is 21.8. The molecule has 0 bridgehead atoms. The van der Waals surface area contributed by atoms with E-state index in [1.54, 1.807) is 0 Å². The van der Waals surface area contributed by atoms with E-state index in [0.717, 1.165) is 54.0 Å². The minimum Gasteiger partial charge on any atom is -0.493 e. The summed E-state index contributed by atoms with van der Waals surface area (Å²) in [5, 5.41) is 4.96. The number of amides is 1. The van der Waals surface area contributed by atoms with Gasteiger partial charge in [0.05, 0.1) is 24.1 Å². The van der Waals surface area contributed by atoms with E-state index in [9.17, 15) is 4.79 Å². The number of carbonyl (C=O) groups is 1. The highest BCUT2D eigenvalue weighted by Gasteiger charge is 2.25. The SMILES string of the molecule is C[C@H](NC(=O)c1cccs1)c1ccc(O[C@@H]2CCN(c3ccc(OCC4CC4)cc3)C2)cc1. The van der Waals surface area contributed by atoms with Gasteiger partial charge in [-0.05, 0) is 79.1 Å². The predicted octanol–water partition coefficient (Wildman–Crippen LogP) is 5.69. The lowest BCUT2D eigenvalue weighted by atomic mass is 10.1. The number of anilines is 1. The van der Waals surface area contributed by atoms with E-state index in [0.29, 0.717) is 0 Å². The van der Waals surface area contributed by atoms with Crippen LogP contribution in [0.4, 0.5) is 5.69 Å². The van der Waals surface area contributed by atoms with Gasteiger partial charge >= 0.3 is 0 Å². The highest BCUT2D eigenvalue weighted by molar-refractivity contribution is 7.12. The van der Waals surface area contributed by atoms with Crippen molar-refractivity contribution >= 4 is 22.9 Å². The summed E-state index contributed by atoms with van der Waals surface area (Å²) < 4.78 is 12.1. The Morgan fingerprint density at radius 2 is 1.82 bits per heavy atom. The van der Waals surface area contributed by atoms with Crippen LogP contribution < -0.4 is 19.7 Å². The van der Waals surface area contributed by atoms with Crippen molar-refractivity contribution < 1.29 is 14.3 Å². The first-order chi connectivity index (χ1) is 16.1. The number of hydrogen-bond acceptors (Lipinski definition) is 5. The van der Waals surface area contributed by atoms with Crippen molar-refractivity contribution in [1.82, 2.24) is 5.32 Å². The molecule has 33 heavy (non-hydrogen) atoms. The fourth-order valence-electron chi connectivity index (χ4n) is 4.10. The van der Waals surface area contributed by atoms with Gasteiger partial charge in [-0.2, -0.15) is 0 Å². The van der Waals surface area contributed by atoms with Crippen LogP contribution in [-0.4, -0.2) is 31.7 Å². The minimum absolute atomic E-state index is 0.0358. The normalized spacial score (nSPS) is 18.7. The summed E-state index contributed by atoms with van der Waals surface area (Å²) in [7, 11) is 0. The molecule has 1 aliphatic carbocycles. The Morgan fingerprint density at radius 3 is 2.52 bits per heavy atom. The summed E-state index contributed by atoms with van der Waals surface area (Å²) in [4.78, 5) is 15.4. The quantitative estimate of drug-likeness (QED) is 0.444. The monoisotopic (exact) mass is 462 g/mol. The topological polar surface area (TPSA) is 50.8 Å². The zero-order chi connectivity index (χ0) is 22.6. The van der Waals surface area contributed by atoms with Crippen molar-refractivity contribution in [3.8, 4) is 11.5 Å². The molecule has 2 fully saturated rings. The molecule has 2 atom stereocenters. The van der Waals surface area contributed by atoms with Gasteiger partial charge in [0.1, 0.15) is 17.6 Å². The molecule has 3 aromatic rings. The van der Waals surface area contributed by atoms with E-state index in [1.807, 2.05) is 48.7 Å². The second-order valence-electron chi connectivity index (χ2n) is 8.96. The molecule has 5 nitrogen and oxygen atoms in total. The van der Waals surface area contributed by atoms with Crippen LogP contribution in [0, 0.1) is 5.92 Å². The molecule has 6 heteroatoms. The molecule has 1 N–H and O–H groups in total. The number of rotatable bonds is 9. The van der Waals surface area contributed by atoms with Gasteiger partial charge in [-0.25, -0.2) is 0 Å². The first-order valence-electron chi connectivity index (χ1n) is 11.7. The van der Waals surface area contributed by atoms with Crippen LogP contribution in [0.3, 0.4) is 0 Å². The van der Waals surface area contributed by atoms with Crippen molar-refractivity contribution in [2.75, 3.05) is 24.6 Å². The molecule has 2 aliphatic rings. The predicted molar refractivity (Wildman–Crippen MR) is 133 cm³/mol. The van der Waals surface area contributed by atoms with Gasteiger partial charge in [0, 0.05) is 18.7 Å². The third kappa shape index (κ3) is 5.69. The highest BCUT2D eigenvalue weighted by atomic mass is 32.1. The number of carbonyl (C=O) groups excluding carboxylic acids is 1. The first-order valence-corrected chi connectivity index (χ1v) is 12.6. The molecule has 2 heterocycles. The molecule has 0 unspecified atom stereocenters. The van der Waals surface area contributed by atoms with Gasteiger partial charge < -0.3 is 19.7 Å². The molecule has 1 aromatic heterocycles. The lowest BCUT2D eigenvalue weighted by molar-refractivity contribution is 0.0944. The van der Waals surface area contributed by atoms with Crippen molar-refractivity contribution in [3.05, 3.63) is 76.5 Å². The summed E-state index contributed by atoms with van der Waals surface area (Å²) in [6, 6.07) is 20.2. The lowest BCUT2D eigenvalue weighted by Gasteiger charge is -2.20. The second kappa shape index (κ2) is 9.87. The molecule has 0 spiro atoms. The van der Waals surface area contributed by atoms with Crippen LogP contribution in [0.25, 0.3) is 0 Å². The van der Waals surface area contributed by atoms with E-state index in [1.165, 1.54) is 29.9 Å². The van der Waals surface area contributed by atoms with Gasteiger partial charge in [0.25, 0.3) is 5.91 Å². The van der Waals surface area contributed by atoms with Crippen molar-refractivity contribution in [2.24, 2.45) is 5.92 Å². The van der Waals surface area contributed by atoms with Gasteiger partial charge in [-0.15, -0.1) is 11.3 Å². The number of ether oxygens (including phenoxy) is 2. The molecule has 1 saturated heterocycles. The molecule has 1 aliphatic heterocycles.